The van der Waals surface area contributed by atoms with E-state index in [9.17, 15) is 14.3 Å². The second-order valence-corrected chi connectivity index (χ2v) is 8.10. The normalized spacial score (nSPS) is 12.8. The summed E-state index contributed by atoms with van der Waals surface area (Å²) in [6.07, 6.45) is -0.792. The van der Waals surface area contributed by atoms with E-state index in [4.69, 9.17) is 20.6 Å². The van der Waals surface area contributed by atoms with Crippen LogP contribution in [0.5, 0.6) is 0 Å². The molecule has 0 aliphatic heterocycles. The van der Waals surface area contributed by atoms with Crippen LogP contribution in [0.15, 0.2) is 59.1 Å². The maximum Gasteiger partial charge on any atom is 1.00 e. The maximum atomic E-state index is 12.7. The third kappa shape index (κ3) is 5.65. The average Bonchev–Trinajstić information content (AvgIpc) is 3.02. The Morgan fingerprint density at radius 3 is 2.50 bits per heavy atom. The Labute approximate surface area is 189 Å². The number of carbonyl (C=O) groups is 1. The van der Waals surface area contributed by atoms with Crippen LogP contribution < -0.4 is 34.5 Å². The topological polar surface area (TPSA) is 92.5 Å². The van der Waals surface area contributed by atoms with Gasteiger partial charge in [-0.25, -0.2) is 0 Å². The summed E-state index contributed by atoms with van der Waals surface area (Å²) in [4.78, 5) is 24.9. The first-order valence-electron chi connectivity index (χ1n) is 8.10. The minimum absolute atomic E-state index is 0. The number of halogens is 1. The number of ketones is 1. The third-order valence-electron chi connectivity index (χ3n) is 3.88. The summed E-state index contributed by atoms with van der Waals surface area (Å²) >= 11 is 6.16. The molecule has 6 nitrogen and oxygen atoms in total. The Balaban J connectivity index is 0.00000280. The quantitative estimate of drug-likeness (QED) is 0.320. The molecular formula is C19H16ClNNaO5P. The molecule has 0 amide bonds. The van der Waals surface area contributed by atoms with E-state index in [2.05, 4.69) is 5.16 Å². The molecule has 2 aromatic carbocycles. The van der Waals surface area contributed by atoms with Gasteiger partial charge in [-0.3, -0.25) is 4.79 Å². The molecule has 9 heteroatoms. The Bertz CT molecular complexity index is 1010. The maximum absolute atomic E-state index is 12.7. The number of aromatic nitrogens is 1. The standard InChI is InChI=1S/C19H17ClNO5P.Na/c1-13-18(19(21-26-13)15-9-5-6-10-16(15)20)17(22)12-27(23,24)25-11-14-7-3-2-4-8-14;/h2-10H,11-12H2,1H3,(H,23,24);/q;+1/p-1. The fraction of sp³-hybridized carbons (Fsp3) is 0.158. The molecule has 0 radical (unpaired) electrons. The van der Waals surface area contributed by atoms with Crippen LogP contribution >= 0.6 is 19.2 Å². The molecule has 1 aromatic heterocycles. The molecule has 28 heavy (non-hydrogen) atoms. The summed E-state index contributed by atoms with van der Waals surface area (Å²) in [6.45, 7) is 1.41. The number of carbonyl (C=O) groups excluding carboxylic acids is 1. The number of hydrogen-bond donors (Lipinski definition) is 0. The molecule has 0 aliphatic rings. The van der Waals surface area contributed by atoms with Gasteiger partial charge in [0.05, 0.1) is 23.4 Å². The van der Waals surface area contributed by atoms with Crippen LogP contribution in [0.4, 0.5) is 0 Å². The second kappa shape index (κ2) is 9.99. The molecule has 1 heterocycles. The Morgan fingerprint density at radius 2 is 1.82 bits per heavy atom. The molecule has 3 rings (SSSR count). The Hall–Kier alpha value is -1.24. The third-order valence-corrected chi connectivity index (χ3v) is 5.41. The van der Waals surface area contributed by atoms with Gasteiger partial charge >= 0.3 is 29.6 Å². The molecule has 0 fully saturated rings. The molecule has 1 atom stereocenters. The largest absolute Gasteiger partial charge is 1.00 e. The number of hydrogen-bond acceptors (Lipinski definition) is 6. The summed E-state index contributed by atoms with van der Waals surface area (Å²) in [5, 5.41) is 4.26. The van der Waals surface area contributed by atoms with Crippen molar-refractivity contribution in [3.05, 3.63) is 76.5 Å². The van der Waals surface area contributed by atoms with E-state index in [0.717, 1.165) is 0 Å². The van der Waals surface area contributed by atoms with Gasteiger partial charge in [-0.15, -0.1) is 0 Å². The van der Waals surface area contributed by atoms with E-state index in [1.807, 2.05) is 6.07 Å². The van der Waals surface area contributed by atoms with Crippen molar-refractivity contribution < 1.29 is 52.9 Å². The zero-order chi connectivity index (χ0) is 19.4. The molecule has 0 aliphatic carbocycles. The van der Waals surface area contributed by atoms with Gasteiger partial charge in [0, 0.05) is 5.56 Å². The fourth-order valence-electron chi connectivity index (χ4n) is 2.59. The molecule has 1 unspecified atom stereocenters. The molecule has 0 bridgehead atoms. The molecule has 0 N–H and O–H groups in total. The zero-order valence-corrected chi connectivity index (χ0v) is 19.1. The van der Waals surface area contributed by atoms with E-state index in [1.54, 1.807) is 55.5 Å². The van der Waals surface area contributed by atoms with Crippen molar-refractivity contribution in [1.82, 2.24) is 5.16 Å². The Morgan fingerprint density at radius 1 is 1.18 bits per heavy atom. The summed E-state index contributed by atoms with van der Waals surface area (Å²) < 4.78 is 22.3. The SMILES string of the molecule is Cc1onc(-c2ccccc2Cl)c1C(=O)CP(=O)([O-])OCc1ccccc1.[Na+]. The van der Waals surface area contributed by atoms with E-state index in [0.29, 0.717) is 16.1 Å². The number of rotatable bonds is 7. The van der Waals surface area contributed by atoms with Gasteiger partial charge in [0.25, 0.3) is 0 Å². The van der Waals surface area contributed by atoms with Crippen LogP contribution in [0.25, 0.3) is 11.3 Å². The van der Waals surface area contributed by atoms with Gasteiger partial charge in [-0.1, -0.05) is 65.3 Å². The summed E-state index contributed by atoms with van der Waals surface area (Å²) in [5.41, 5.74) is 1.48. The van der Waals surface area contributed by atoms with Crippen molar-refractivity contribution in [2.24, 2.45) is 0 Å². The van der Waals surface area contributed by atoms with Gasteiger partial charge in [0.2, 0.25) is 0 Å². The number of Topliss-reactive ketones (excluding diaryl/α,β-unsaturated/α-hetero) is 1. The van der Waals surface area contributed by atoms with Crippen molar-refractivity contribution >= 4 is 25.0 Å². The molecule has 0 spiro atoms. The van der Waals surface area contributed by atoms with Crippen LogP contribution in [0.3, 0.4) is 0 Å². The van der Waals surface area contributed by atoms with Crippen LogP contribution in [-0.2, 0) is 15.7 Å². The first kappa shape index (κ1) is 23.0. The number of aryl methyl sites for hydroxylation is 1. The molecule has 140 valence electrons. The van der Waals surface area contributed by atoms with Crippen molar-refractivity contribution in [3.8, 4) is 11.3 Å². The van der Waals surface area contributed by atoms with Gasteiger partial charge in [-0.2, -0.15) is 0 Å². The van der Waals surface area contributed by atoms with Crippen LogP contribution in [0, 0.1) is 6.92 Å². The van der Waals surface area contributed by atoms with E-state index < -0.39 is 19.5 Å². The van der Waals surface area contributed by atoms with Crippen LogP contribution in [-0.4, -0.2) is 17.1 Å². The fourth-order valence-corrected chi connectivity index (χ4v) is 3.76. The van der Waals surface area contributed by atoms with Crippen molar-refractivity contribution in [1.29, 1.82) is 0 Å². The van der Waals surface area contributed by atoms with Crippen LogP contribution in [0.2, 0.25) is 5.02 Å². The summed E-state index contributed by atoms with van der Waals surface area (Å²) in [5.74, 6) is -0.437. The van der Waals surface area contributed by atoms with Crippen molar-refractivity contribution in [2.75, 3.05) is 6.16 Å². The average molecular weight is 428 g/mol. The first-order chi connectivity index (χ1) is 12.9. The van der Waals surface area contributed by atoms with Crippen molar-refractivity contribution in [3.63, 3.8) is 0 Å². The Kier molecular flexibility index (Phi) is 8.22. The van der Waals surface area contributed by atoms with Gasteiger partial charge < -0.3 is 18.5 Å². The second-order valence-electron chi connectivity index (χ2n) is 5.89. The predicted octanol–water partition coefficient (Wildman–Crippen LogP) is 1.26. The number of benzene rings is 2. The van der Waals surface area contributed by atoms with Crippen LogP contribution in [0.1, 0.15) is 21.7 Å². The molecule has 0 saturated heterocycles. The van der Waals surface area contributed by atoms with E-state index in [-0.39, 0.29) is 53.2 Å². The molecule has 3 aromatic rings. The smallest absolute Gasteiger partial charge is 0.778 e. The summed E-state index contributed by atoms with van der Waals surface area (Å²) in [7, 11) is -4.40. The zero-order valence-electron chi connectivity index (χ0n) is 15.4. The van der Waals surface area contributed by atoms with Crippen molar-refractivity contribution in [2.45, 2.75) is 13.5 Å². The molecule has 0 saturated carbocycles. The predicted molar refractivity (Wildman–Crippen MR) is 99.7 cm³/mol. The van der Waals surface area contributed by atoms with Gasteiger partial charge in [0.15, 0.2) is 5.78 Å². The van der Waals surface area contributed by atoms with Gasteiger partial charge in [-0.05, 0) is 18.6 Å². The van der Waals surface area contributed by atoms with E-state index >= 15 is 0 Å². The minimum atomic E-state index is -4.40. The first-order valence-corrected chi connectivity index (χ1v) is 10.2. The number of nitrogens with zero attached hydrogens (tertiary/aromatic N) is 1. The monoisotopic (exact) mass is 427 g/mol. The summed E-state index contributed by atoms with van der Waals surface area (Å²) in [6, 6.07) is 15.6. The van der Waals surface area contributed by atoms with Gasteiger partial charge in [0.1, 0.15) is 19.0 Å². The minimum Gasteiger partial charge on any atom is -0.778 e. The molecular weight excluding hydrogens is 412 g/mol. The van der Waals surface area contributed by atoms with E-state index in [1.165, 1.54) is 0 Å².